The largest absolute Gasteiger partial charge is 0.394 e. The lowest BCUT2D eigenvalue weighted by Crippen LogP contribution is -2.47. The van der Waals surface area contributed by atoms with Gasteiger partial charge in [0.2, 0.25) is 5.91 Å². The molecule has 0 bridgehead atoms. The Kier molecular flexibility index (Phi) is 4.93. The Bertz CT molecular complexity index is 532. The lowest BCUT2D eigenvalue weighted by molar-refractivity contribution is -0.116. The number of aliphatic hydroxyl groups is 1. The number of hydrogen-bond acceptors (Lipinski definition) is 4. The summed E-state index contributed by atoms with van der Waals surface area (Å²) in [6.45, 7) is 2.58. The molecule has 114 valence electrons. The van der Waals surface area contributed by atoms with Gasteiger partial charge in [-0.25, -0.2) is 0 Å². The van der Waals surface area contributed by atoms with E-state index in [0.717, 1.165) is 0 Å². The fraction of sp³-hybridized carbons (Fsp3) is 0.467. The van der Waals surface area contributed by atoms with E-state index in [2.05, 4.69) is 0 Å². The number of carbonyl (C=O) groups excluding carboxylic acids is 2. The first kappa shape index (κ1) is 15.5. The molecule has 1 fully saturated rings. The minimum atomic E-state index is -0.347. The molecule has 1 aliphatic heterocycles. The molecular weight excluding hydrogens is 272 g/mol. The van der Waals surface area contributed by atoms with Gasteiger partial charge in [0.25, 0.3) is 5.91 Å². The predicted octanol–water partition coefficient (Wildman–Crippen LogP) is 0.503. The number of para-hydroxylation sites is 1. The number of amides is 2. The molecule has 0 saturated carbocycles. The summed E-state index contributed by atoms with van der Waals surface area (Å²) in [4.78, 5) is 27.3. The lowest BCUT2D eigenvalue weighted by Gasteiger charge is -2.33. The first-order valence-electron chi connectivity index (χ1n) is 6.89. The minimum Gasteiger partial charge on any atom is -0.394 e. The summed E-state index contributed by atoms with van der Waals surface area (Å²) in [6, 6.07) is 7.02. The first-order valence-corrected chi connectivity index (χ1v) is 6.89. The standard InChI is InChI=1S/C15H20N2O4/c1-11(19)16(2)14-6-4-3-5-13(14)15(20)17-7-8-21-12(9-17)10-18/h3-6,12,18H,7-10H2,1-2H3. The Labute approximate surface area is 123 Å². The Hall–Kier alpha value is -1.92. The molecule has 1 atom stereocenters. The normalized spacial score (nSPS) is 18.4. The van der Waals surface area contributed by atoms with Gasteiger partial charge in [0.15, 0.2) is 0 Å². The molecule has 1 unspecified atom stereocenters. The number of morpholine rings is 1. The third kappa shape index (κ3) is 3.40. The SMILES string of the molecule is CC(=O)N(C)c1ccccc1C(=O)N1CCOC(CO)C1. The molecule has 0 aliphatic carbocycles. The Morgan fingerprint density at radius 1 is 1.43 bits per heavy atom. The summed E-state index contributed by atoms with van der Waals surface area (Å²) in [7, 11) is 1.64. The van der Waals surface area contributed by atoms with Gasteiger partial charge in [0.1, 0.15) is 0 Å². The number of benzene rings is 1. The van der Waals surface area contributed by atoms with E-state index < -0.39 is 0 Å². The zero-order valence-electron chi connectivity index (χ0n) is 12.3. The van der Waals surface area contributed by atoms with Crippen molar-refractivity contribution in [3.63, 3.8) is 0 Å². The van der Waals surface area contributed by atoms with Crippen molar-refractivity contribution < 1.29 is 19.4 Å². The topological polar surface area (TPSA) is 70.1 Å². The third-order valence-electron chi connectivity index (χ3n) is 3.60. The number of rotatable bonds is 3. The van der Waals surface area contributed by atoms with Crippen LogP contribution >= 0.6 is 0 Å². The van der Waals surface area contributed by atoms with Crippen LogP contribution in [0.15, 0.2) is 24.3 Å². The van der Waals surface area contributed by atoms with Gasteiger partial charge in [0, 0.05) is 27.1 Å². The lowest BCUT2D eigenvalue weighted by atomic mass is 10.1. The van der Waals surface area contributed by atoms with Crippen LogP contribution in [0.1, 0.15) is 17.3 Å². The molecule has 1 aliphatic rings. The summed E-state index contributed by atoms with van der Waals surface area (Å²) >= 11 is 0. The van der Waals surface area contributed by atoms with Crippen LogP contribution in [-0.2, 0) is 9.53 Å². The maximum absolute atomic E-state index is 12.7. The second-order valence-corrected chi connectivity index (χ2v) is 5.02. The quantitative estimate of drug-likeness (QED) is 0.881. The van der Waals surface area contributed by atoms with Crippen molar-refractivity contribution in [2.24, 2.45) is 0 Å². The molecule has 0 aromatic heterocycles. The van der Waals surface area contributed by atoms with Crippen molar-refractivity contribution in [1.29, 1.82) is 0 Å². The van der Waals surface area contributed by atoms with Gasteiger partial charge in [0.05, 0.1) is 30.6 Å². The van der Waals surface area contributed by atoms with Crippen molar-refractivity contribution in [3.05, 3.63) is 29.8 Å². The second kappa shape index (κ2) is 6.69. The molecule has 6 heteroatoms. The highest BCUT2D eigenvalue weighted by molar-refractivity contribution is 6.04. The van der Waals surface area contributed by atoms with Crippen LogP contribution in [0.25, 0.3) is 0 Å². The smallest absolute Gasteiger partial charge is 0.256 e. The summed E-state index contributed by atoms with van der Waals surface area (Å²) in [5.74, 6) is -0.286. The van der Waals surface area contributed by atoms with E-state index in [1.165, 1.54) is 11.8 Å². The van der Waals surface area contributed by atoms with Crippen LogP contribution in [0, 0.1) is 0 Å². The summed E-state index contributed by atoms with van der Waals surface area (Å²) < 4.78 is 5.35. The van der Waals surface area contributed by atoms with Gasteiger partial charge >= 0.3 is 0 Å². The molecular formula is C15H20N2O4. The zero-order chi connectivity index (χ0) is 15.4. The van der Waals surface area contributed by atoms with Crippen molar-refractivity contribution in [2.45, 2.75) is 13.0 Å². The Morgan fingerprint density at radius 3 is 2.81 bits per heavy atom. The average molecular weight is 292 g/mol. The predicted molar refractivity (Wildman–Crippen MR) is 78.3 cm³/mol. The first-order chi connectivity index (χ1) is 10.0. The molecule has 1 aromatic carbocycles. The van der Waals surface area contributed by atoms with Crippen LogP contribution in [-0.4, -0.2) is 61.3 Å². The van der Waals surface area contributed by atoms with Crippen molar-refractivity contribution in [2.75, 3.05) is 38.3 Å². The zero-order valence-corrected chi connectivity index (χ0v) is 12.3. The van der Waals surface area contributed by atoms with E-state index in [4.69, 9.17) is 9.84 Å². The van der Waals surface area contributed by atoms with Crippen LogP contribution in [0.3, 0.4) is 0 Å². The van der Waals surface area contributed by atoms with Gasteiger partial charge in [-0.15, -0.1) is 0 Å². The van der Waals surface area contributed by atoms with E-state index in [9.17, 15) is 9.59 Å². The number of carbonyl (C=O) groups is 2. The summed E-state index contributed by atoms with van der Waals surface area (Å²) in [5.41, 5.74) is 1.07. The molecule has 2 amide bonds. The number of anilines is 1. The van der Waals surface area contributed by atoms with Crippen molar-refractivity contribution >= 4 is 17.5 Å². The van der Waals surface area contributed by atoms with Gasteiger partial charge in [-0.2, -0.15) is 0 Å². The maximum Gasteiger partial charge on any atom is 0.256 e. The van der Waals surface area contributed by atoms with E-state index in [1.807, 2.05) is 0 Å². The van der Waals surface area contributed by atoms with E-state index >= 15 is 0 Å². The Balaban J connectivity index is 2.25. The van der Waals surface area contributed by atoms with Gasteiger partial charge in [-0.05, 0) is 12.1 Å². The molecule has 1 saturated heterocycles. The molecule has 2 rings (SSSR count). The van der Waals surface area contributed by atoms with Gasteiger partial charge < -0.3 is 19.6 Å². The highest BCUT2D eigenvalue weighted by atomic mass is 16.5. The summed E-state index contributed by atoms with van der Waals surface area (Å²) in [6.07, 6.45) is -0.347. The molecule has 21 heavy (non-hydrogen) atoms. The molecule has 6 nitrogen and oxygen atoms in total. The van der Waals surface area contributed by atoms with E-state index in [0.29, 0.717) is 30.9 Å². The Morgan fingerprint density at radius 2 is 2.14 bits per heavy atom. The van der Waals surface area contributed by atoms with Crippen LogP contribution in [0.5, 0.6) is 0 Å². The minimum absolute atomic E-state index is 0.112. The van der Waals surface area contributed by atoms with E-state index in [-0.39, 0.29) is 24.5 Å². The monoisotopic (exact) mass is 292 g/mol. The van der Waals surface area contributed by atoms with Gasteiger partial charge in [-0.3, -0.25) is 9.59 Å². The number of ether oxygens (including phenoxy) is 1. The molecule has 0 radical (unpaired) electrons. The highest BCUT2D eigenvalue weighted by Gasteiger charge is 2.26. The van der Waals surface area contributed by atoms with E-state index in [1.54, 1.807) is 36.2 Å². The molecule has 1 aromatic rings. The van der Waals surface area contributed by atoms with Crippen molar-refractivity contribution in [1.82, 2.24) is 4.90 Å². The van der Waals surface area contributed by atoms with Crippen molar-refractivity contribution in [3.8, 4) is 0 Å². The molecule has 1 N–H and O–H groups in total. The number of nitrogens with zero attached hydrogens (tertiary/aromatic N) is 2. The fourth-order valence-corrected chi connectivity index (χ4v) is 2.30. The van der Waals surface area contributed by atoms with Gasteiger partial charge in [-0.1, -0.05) is 12.1 Å². The van der Waals surface area contributed by atoms with Crippen LogP contribution in [0.2, 0.25) is 0 Å². The second-order valence-electron chi connectivity index (χ2n) is 5.02. The number of hydrogen-bond donors (Lipinski definition) is 1. The van der Waals surface area contributed by atoms with Crippen LogP contribution < -0.4 is 4.90 Å². The molecule has 0 spiro atoms. The highest BCUT2D eigenvalue weighted by Crippen LogP contribution is 2.22. The number of aliphatic hydroxyl groups excluding tert-OH is 1. The van der Waals surface area contributed by atoms with Crippen LogP contribution in [0.4, 0.5) is 5.69 Å². The molecule has 1 heterocycles. The average Bonchev–Trinajstić information content (AvgIpc) is 2.53. The third-order valence-corrected chi connectivity index (χ3v) is 3.60. The fourth-order valence-electron chi connectivity index (χ4n) is 2.30. The maximum atomic E-state index is 12.7. The summed E-state index contributed by atoms with van der Waals surface area (Å²) in [5, 5.41) is 9.16.